The number of aldehydes is 1. The molecule has 0 rings (SSSR count). The molecule has 0 N–H and O–H groups in total. The summed E-state index contributed by atoms with van der Waals surface area (Å²) in [6.07, 6.45) is 1.39. The highest BCUT2D eigenvalue weighted by atomic mass is 16.4. The van der Waals surface area contributed by atoms with E-state index in [-0.39, 0.29) is 6.42 Å². The maximum absolute atomic E-state index is 9.65. The first-order chi connectivity index (χ1) is 3.77. The van der Waals surface area contributed by atoms with Crippen LogP contribution in [0.4, 0.5) is 0 Å². The van der Waals surface area contributed by atoms with Crippen molar-refractivity contribution in [3.8, 4) is 0 Å². The minimum absolute atomic E-state index is 0.0151. The smallest absolute Gasteiger partial charge is 0.303 e. The number of unbranched alkanes of at least 4 members (excludes halogenated alkanes) is 1. The highest BCUT2D eigenvalue weighted by molar-refractivity contribution is 5.66. The number of carbonyl (C=O) groups excluding carboxylic acids is 2. The lowest BCUT2D eigenvalue weighted by Crippen LogP contribution is -1.91. The quantitative estimate of drug-likeness (QED) is 0.391. The van der Waals surface area contributed by atoms with Gasteiger partial charge in [0.05, 0.1) is 6.42 Å². The molecular weight excluding hydrogens is 108 g/mol. The van der Waals surface area contributed by atoms with Crippen molar-refractivity contribution in [2.75, 3.05) is 0 Å². The Kier molecular flexibility index (Phi) is 3.84. The molecule has 1 radical (unpaired) electrons. The zero-order valence-corrected chi connectivity index (χ0v) is 4.42. The van der Waals surface area contributed by atoms with Crippen molar-refractivity contribution in [2.24, 2.45) is 0 Å². The van der Waals surface area contributed by atoms with E-state index in [1.807, 2.05) is 0 Å². The Balaban J connectivity index is 2.93. The van der Waals surface area contributed by atoms with Crippen LogP contribution in [0, 0.1) is 0 Å². The van der Waals surface area contributed by atoms with Crippen molar-refractivity contribution >= 4 is 12.3 Å². The fourth-order valence-electron chi connectivity index (χ4n) is 0.330. The first kappa shape index (κ1) is 7.14. The molecule has 0 heterocycles. The summed E-state index contributed by atoms with van der Waals surface area (Å²) in [6, 6.07) is 0. The van der Waals surface area contributed by atoms with Crippen LogP contribution in [0.15, 0.2) is 0 Å². The lowest BCUT2D eigenvalue weighted by molar-refractivity contribution is -0.143. The molecule has 0 spiro atoms. The molecule has 3 heteroatoms. The van der Waals surface area contributed by atoms with E-state index in [9.17, 15) is 14.7 Å². The predicted molar refractivity (Wildman–Crippen MR) is 25.6 cm³/mol. The van der Waals surface area contributed by atoms with Crippen molar-refractivity contribution < 1.29 is 14.7 Å². The first-order valence-corrected chi connectivity index (χ1v) is 2.41. The standard InChI is InChI=1S/C5H7O3/c6-4-2-1-3-5(7)8/h4H,1-3H2. The van der Waals surface area contributed by atoms with Crippen LogP contribution in [-0.2, 0) is 14.7 Å². The minimum atomic E-state index is -1.09. The Bertz CT molecular complexity index is 87.7. The van der Waals surface area contributed by atoms with Gasteiger partial charge in [0.1, 0.15) is 6.29 Å². The van der Waals surface area contributed by atoms with Crippen LogP contribution in [0.1, 0.15) is 19.3 Å². The molecule has 0 aromatic carbocycles. The average Bonchev–Trinajstić information content (AvgIpc) is 1.66. The number of hydrogen-bond acceptors (Lipinski definition) is 2. The largest absolute Gasteiger partial charge is 0.355 e. The van der Waals surface area contributed by atoms with Crippen molar-refractivity contribution in [3.63, 3.8) is 0 Å². The van der Waals surface area contributed by atoms with Gasteiger partial charge in [-0.2, -0.15) is 0 Å². The molecular formula is C5H7O3. The van der Waals surface area contributed by atoms with Crippen LogP contribution in [0.5, 0.6) is 0 Å². The van der Waals surface area contributed by atoms with E-state index in [2.05, 4.69) is 0 Å². The molecule has 8 heavy (non-hydrogen) atoms. The lowest BCUT2D eigenvalue weighted by atomic mass is 10.2. The Morgan fingerprint density at radius 2 is 2.12 bits per heavy atom. The van der Waals surface area contributed by atoms with E-state index >= 15 is 0 Å². The molecule has 0 saturated heterocycles. The van der Waals surface area contributed by atoms with E-state index in [4.69, 9.17) is 0 Å². The zero-order valence-electron chi connectivity index (χ0n) is 4.42. The van der Waals surface area contributed by atoms with E-state index in [0.717, 1.165) is 0 Å². The average molecular weight is 115 g/mol. The van der Waals surface area contributed by atoms with Crippen molar-refractivity contribution in [3.05, 3.63) is 0 Å². The SMILES string of the molecule is [O]C(=O)CCCC=O. The Labute approximate surface area is 47.3 Å². The zero-order chi connectivity index (χ0) is 6.41. The molecule has 0 unspecified atom stereocenters. The summed E-state index contributed by atoms with van der Waals surface area (Å²) in [5, 5.41) is 9.65. The monoisotopic (exact) mass is 115 g/mol. The van der Waals surface area contributed by atoms with E-state index in [1.54, 1.807) is 0 Å². The van der Waals surface area contributed by atoms with Crippen LogP contribution >= 0.6 is 0 Å². The van der Waals surface area contributed by atoms with Crippen LogP contribution in [0.3, 0.4) is 0 Å². The third kappa shape index (κ3) is 5.14. The molecule has 0 saturated carbocycles. The highest BCUT2D eigenvalue weighted by Crippen LogP contribution is 1.90. The second-order valence-corrected chi connectivity index (χ2v) is 1.43. The summed E-state index contributed by atoms with van der Waals surface area (Å²) in [4.78, 5) is 19.2. The Morgan fingerprint density at radius 1 is 1.50 bits per heavy atom. The van der Waals surface area contributed by atoms with Crippen molar-refractivity contribution in [2.45, 2.75) is 19.3 Å². The third-order valence-electron chi connectivity index (χ3n) is 0.703. The first-order valence-electron chi connectivity index (χ1n) is 2.41. The van der Waals surface area contributed by atoms with Gasteiger partial charge < -0.3 is 4.79 Å². The summed E-state index contributed by atoms with van der Waals surface area (Å²) in [5.41, 5.74) is 0. The van der Waals surface area contributed by atoms with E-state index < -0.39 is 5.97 Å². The molecule has 0 aromatic heterocycles. The predicted octanol–water partition coefficient (Wildman–Crippen LogP) is 0.313. The lowest BCUT2D eigenvalue weighted by Gasteiger charge is -1.82. The Hall–Kier alpha value is -0.860. The minimum Gasteiger partial charge on any atom is -0.303 e. The number of carbonyl (C=O) groups is 2. The fraction of sp³-hybridized carbons (Fsp3) is 0.600. The normalized spacial score (nSPS) is 8.50. The maximum atomic E-state index is 9.65. The van der Waals surface area contributed by atoms with E-state index in [0.29, 0.717) is 19.1 Å². The van der Waals surface area contributed by atoms with Crippen LogP contribution in [0.2, 0.25) is 0 Å². The topological polar surface area (TPSA) is 54.0 Å². The second-order valence-electron chi connectivity index (χ2n) is 1.43. The summed E-state index contributed by atoms with van der Waals surface area (Å²) >= 11 is 0. The van der Waals surface area contributed by atoms with Gasteiger partial charge in [-0.3, -0.25) is 0 Å². The molecule has 3 nitrogen and oxygen atoms in total. The van der Waals surface area contributed by atoms with Crippen molar-refractivity contribution in [1.82, 2.24) is 0 Å². The van der Waals surface area contributed by atoms with Gasteiger partial charge in [0.2, 0.25) is 0 Å². The van der Waals surface area contributed by atoms with Gasteiger partial charge >= 0.3 is 5.97 Å². The summed E-state index contributed by atoms with van der Waals surface area (Å²) in [5.74, 6) is -1.09. The molecule has 0 atom stereocenters. The Morgan fingerprint density at radius 3 is 2.50 bits per heavy atom. The van der Waals surface area contributed by atoms with E-state index in [1.165, 1.54) is 0 Å². The maximum Gasteiger partial charge on any atom is 0.355 e. The van der Waals surface area contributed by atoms with Gasteiger partial charge in [0, 0.05) is 6.42 Å². The van der Waals surface area contributed by atoms with Gasteiger partial charge in [-0.15, -0.1) is 0 Å². The number of rotatable bonds is 4. The highest BCUT2D eigenvalue weighted by Gasteiger charge is 1.96. The second kappa shape index (κ2) is 4.30. The van der Waals surface area contributed by atoms with Crippen molar-refractivity contribution in [1.29, 1.82) is 0 Å². The van der Waals surface area contributed by atoms with Gasteiger partial charge in [-0.05, 0) is 6.42 Å². The van der Waals surface area contributed by atoms with Crippen LogP contribution in [-0.4, -0.2) is 12.3 Å². The van der Waals surface area contributed by atoms with Gasteiger partial charge in [0.25, 0.3) is 0 Å². The molecule has 0 amide bonds. The molecule has 45 valence electrons. The molecule has 0 aliphatic heterocycles. The molecule has 0 fully saturated rings. The van der Waals surface area contributed by atoms with Gasteiger partial charge in [0.15, 0.2) is 0 Å². The van der Waals surface area contributed by atoms with Gasteiger partial charge in [-0.1, -0.05) is 0 Å². The van der Waals surface area contributed by atoms with Crippen LogP contribution in [0.25, 0.3) is 0 Å². The summed E-state index contributed by atoms with van der Waals surface area (Å²) in [6.45, 7) is 0. The fourth-order valence-corrected chi connectivity index (χ4v) is 0.330. The summed E-state index contributed by atoms with van der Waals surface area (Å²) in [7, 11) is 0. The molecule has 0 aliphatic carbocycles. The third-order valence-corrected chi connectivity index (χ3v) is 0.703. The summed E-state index contributed by atoms with van der Waals surface area (Å²) < 4.78 is 0. The van der Waals surface area contributed by atoms with Crippen LogP contribution < -0.4 is 0 Å². The molecule has 0 aromatic rings. The molecule has 0 bridgehead atoms. The molecule has 0 aliphatic rings. The number of hydrogen-bond donors (Lipinski definition) is 0. The van der Waals surface area contributed by atoms with Gasteiger partial charge in [-0.25, -0.2) is 9.90 Å².